The molecule has 4 nitrogen and oxygen atoms in total. The lowest BCUT2D eigenvalue weighted by Crippen LogP contribution is -2.09. The first kappa shape index (κ1) is 16.7. The molecule has 2 aromatic carbocycles. The van der Waals surface area contributed by atoms with E-state index < -0.39 is 11.2 Å². The normalized spacial score (nSPS) is 15.4. The first-order chi connectivity index (χ1) is 12.6. The zero-order valence-corrected chi connectivity index (χ0v) is 14.6. The van der Waals surface area contributed by atoms with Gasteiger partial charge in [-0.25, -0.2) is 0 Å². The first-order valence-electron chi connectivity index (χ1n) is 9.20. The van der Waals surface area contributed by atoms with Gasteiger partial charge in [-0.05, 0) is 54.3 Å². The molecule has 4 heteroatoms. The van der Waals surface area contributed by atoms with Gasteiger partial charge >= 0.3 is 0 Å². The summed E-state index contributed by atoms with van der Waals surface area (Å²) in [5.41, 5.74) is 1.77. The molecule has 1 aliphatic rings. The van der Waals surface area contributed by atoms with Crippen molar-refractivity contribution in [2.24, 2.45) is 5.92 Å². The monoisotopic (exact) mass is 350 g/mol. The Balaban J connectivity index is 1.75. The highest BCUT2D eigenvalue weighted by Crippen LogP contribution is 2.32. The summed E-state index contributed by atoms with van der Waals surface area (Å²) in [6, 6.07) is 11.9. The van der Waals surface area contributed by atoms with Crippen LogP contribution in [0.15, 0.2) is 51.7 Å². The van der Waals surface area contributed by atoms with E-state index in [4.69, 9.17) is 4.42 Å². The van der Waals surface area contributed by atoms with Crippen LogP contribution >= 0.6 is 0 Å². The van der Waals surface area contributed by atoms with E-state index in [2.05, 4.69) is 0 Å². The molecule has 0 radical (unpaired) electrons. The van der Waals surface area contributed by atoms with Crippen molar-refractivity contribution in [2.45, 2.75) is 38.5 Å². The van der Waals surface area contributed by atoms with Crippen molar-refractivity contribution in [3.63, 3.8) is 0 Å². The average molecular weight is 350 g/mol. The molecule has 0 bridgehead atoms. The first-order valence-corrected chi connectivity index (χ1v) is 9.20. The molecule has 1 fully saturated rings. The molecule has 4 rings (SSSR count). The molecule has 1 aliphatic carbocycles. The fourth-order valence-corrected chi connectivity index (χ4v) is 3.89. The van der Waals surface area contributed by atoms with Gasteiger partial charge < -0.3 is 14.6 Å². The van der Waals surface area contributed by atoms with Crippen LogP contribution in [0.3, 0.4) is 0 Å². The van der Waals surface area contributed by atoms with Crippen LogP contribution in [0.4, 0.5) is 0 Å². The molecule has 3 aromatic rings. The van der Waals surface area contributed by atoms with Gasteiger partial charge in [0.2, 0.25) is 11.2 Å². The number of hydrogen-bond donors (Lipinski definition) is 2. The summed E-state index contributed by atoms with van der Waals surface area (Å²) in [4.78, 5) is 12.5. The third kappa shape index (κ3) is 3.19. The highest BCUT2D eigenvalue weighted by atomic mass is 16.4. The van der Waals surface area contributed by atoms with Crippen molar-refractivity contribution in [1.29, 1.82) is 0 Å². The van der Waals surface area contributed by atoms with Gasteiger partial charge in [-0.15, -0.1) is 0 Å². The van der Waals surface area contributed by atoms with Crippen LogP contribution in [0.2, 0.25) is 0 Å². The maximum absolute atomic E-state index is 12.5. The van der Waals surface area contributed by atoms with Gasteiger partial charge in [-0.1, -0.05) is 38.2 Å². The summed E-state index contributed by atoms with van der Waals surface area (Å²) >= 11 is 0. The van der Waals surface area contributed by atoms with Crippen molar-refractivity contribution < 1.29 is 14.6 Å². The van der Waals surface area contributed by atoms with Crippen molar-refractivity contribution in [2.75, 3.05) is 0 Å². The smallest absolute Gasteiger partial charge is 0.235 e. The third-order valence-electron chi connectivity index (χ3n) is 5.31. The van der Waals surface area contributed by atoms with Crippen molar-refractivity contribution in [1.82, 2.24) is 0 Å². The van der Waals surface area contributed by atoms with E-state index in [-0.39, 0.29) is 11.5 Å². The lowest BCUT2D eigenvalue weighted by molar-refractivity contribution is 0.356. The second kappa shape index (κ2) is 6.87. The fourth-order valence-electron chi connectivity index (χ4n) is 3.89. The van der Waals surface area contributed by atoms with Gasteiger partial charge in [0.15, 0.2) is 5.76 Å². The molecular formula is C22H22O4. The van der Waals surface area contributed by atoms with E-state index in [0.29, 0.717) is 22.5 Å². The molecule has 0 saturated heterocycles. The number of phenolic OH excluding ortho intramolecular Hbond substituents is 1. The minimum atomic E-state index is -0.432. The number of rotatable bonds is 3. The van der Waals surface area contributed by atoms with E-state index in [1.165, 1.54) is 44.2 Å². The minimum absolute atomic E-state index is 0.117. The lowest BCUT2D eigenvalue weighted by Gasteiger charge is -2.21. The quantitative estimate of drug-likeness (QED) is 0.698. The summed E-state index contributed by atoms with van der Waals surface area (Å²) in [6.07, 6.45) is 7.44. The summed E-state index contributed by atoms with van der Waals surface area (Å²) < 4.78 is 5.90. The van der Waals surface area contributed by atoms with Crippen LogP contribution in [0.25, 0.3) is 22.3 Å². The fraction of sp³-hybridized carbons (Fsp3) is 0.318. The average Bonchev–Trinajstić information content (AvgIpc) is 2.66. The SMILES string of the molecule is O=c1c(O)c(-c2ccc(O)cc2)oc2cc(CC3CCCCC3)ccc12. The number of hydrogen-bond acceptors (Lipinski definition) is 4. The Hall–Kier alpha value is -2.75. The largest absolute Gasteiger partial charge is 0.508 e. The van der Waals surface area contributed by atoms with Gasteiger partial charge in [0, 0.05) is 5.56 Å². The maximum Gasteiger partial charge on any atom is 0.235 e. The highest BCUT2D eigenvalue weighted by Gasteiger charge is 2.17. The summed E-state index contributed by atoms with van der Waals surface area (Å²) in [5.74, 6) is 0.549. The Kier molecular flexibility index (Phi) is 4.41. The molecule has 26 heavy (non-hydrogen) atoms. The van der Waals surface area contributed by atoms with Gasteiger partial charge in [0.1, 0.15) is 11.3 Å². The van der Waals surface area contributed by atoms with Gasteiger partial charge in [-0.2, -0.15) is 0 Å². The molecule has 2 N–H and O–H groups in total. The van der Waals surface area contributed by atoms with Crippen LogP contribution in [0, 0.1) is 5.92 Å². The molecule has 0 aliphatic heterocycles. The molecular weight excluding hydrogens is 328 g/mol. The van der Waals surface area contributed by atoms with Gasteiger partial charge in [0.25, 0.3) is 0 Å². The zero-order valence-electron chi connectivity index (χ0n) is 14.6. The lowest BCUT2D eigenvalue weighted by atomic mass is 9.85. The molecule has 1 aromatic heterocycles. The summed E-state index contributed by atoms with van der Waals surface area (Å²) in [7, 11) is 0. The second-order valence-corrected chi connectivity index (χ2v) is 7.19. The Labute approximate surface area is 151 Å². The standard InChI is InChI=1S/C22H22O4/c23-17-9-7-16(8-10-17)22-21(25)20(24)18-11-6-15(13-19(18)26-22)12-14-4-2-1-3-5-14/h6-11,13-14,23,25H,1-5,12H2. The van der Waals surface area contributed by atoms with Crippen molar-refractivity contribution in [3.05, 3.63) is 58.3 Å². The highest BCUT2D eigenvalue weighted by molar-refractivity contribution is 5.82. The van der Waals surface area contributed by atoms with Crippen LogP contribution in [0.1, 0.15) is 37.7 Å². The van der Waals surface area contributed by atoms with Crippen molar-refractivity contribution in [3.8, 4) is 22.8 Å². The predicted molar refractivity (Wildman–Crippen MR) is 102 cm³/mol. The molecule has 0 amide bonds. The Bertz CT molecular complexity index is 979. The topological polar surface area (TPSA) is 70.7 Å². The third-order valence-corrected chi connectivity index (χ3v) is 5.31. The Morgan fingerprint density at radius 2 is 1.69 bits per heavy atom. The van der Waals surface area contributed by atoms with Crippen LogP contribution in [-0.2, 0) is 6.42 Å². The van der Waals surface area contributed by atoms with Crippen LogP contribution < -0.4 is 5.43 Å². The number of phenols is 1. The van der Waals surface area contributed by atoms with E-state index in [1.807, 2.05) is 12.1 Å². The number of benzene rings is 2. The molecule has 0 atom stereocenters. The maximum atomic E-state index is 12.5. The van der Waals surface area contributed by atoms with E-state index in [9.17, 15) is 15.0 Å². The van der Waals surface area contributed by atoms with E-state index in [0.717, 1.165) is 12.0 Å². The van der Waals surface area contributed by atoms with Gasteiger partial charge in [-0.3, -0.25) is 4.79 Å². The molecule has 1 heterocycles. The molecule has 0 unspecified atom stereocenters. The second-order valence-electron chi connectivity index (χ2n) is 7.19. The summed E-state index contributed by atoms with van der Waals surface area (Å²) in [5, 5.41) is 20.1. The molecule has 1 saturated carbocycles. The van der Waals surface area contributed by atoms with Gasteiger partial charge in [0.05, 0.1) is 5.39 Å². The van der Waals surface area contributed by atoms with Crippen LogP contribution in [-0.4, -0.2) is 10.2 Å². The number of aromatic hydroxyl groups is 2. The minimum Gasteiger partial charge on any atom is -0.508 e. The summed E-state index contributed by atoms with van der Waals surface area (Å²) in [6.45, 7) is 0. The Morgan fingerprint density at radius 3 is 2.42 bits per heavy atom. The van der Waals surface area contributed by atoms with E-state index >= 15 is 0 Å². The predicted octanol–water partition coefficient (Wildman–Crippen LogP) is 4.99. The zero-order chi connectivity index (χ0) is 18.1. The Morgan fingerprint density at radius 1 is 0.962 bits per heavy atom. The molecule has 0 spiro atoms. The van der Waals surface area contributed by atoms with E-state index in [1.54, 1.807) is 18.2 Å². The number of fused-ring (bicyclic) bond motifs is 1. The van der Waals surface area contributed by atoms with Crippen LogP contribution in [0.5, 0.6) is 11.5 Å². The molecule has 134 valence electrons. The van der Waals surface area contributed by atoms with Crippen molar-refractivity contribution >= 4 is 11.0 Å².